The van der Waals surface area contributed by atoms with Gasteiger partial charge in [-0.3, -0.25) is 4.98 Å². The van der Waals surface area contributed by atoms with Crippen molar-refractivity contribution < 1.29 is 10.6 Å². The van der Waals surface area contributed by atoms with Gasteiger partial charge in [0.2, 0.25) is 0 Å². The molecule has 60 valence electrons. The quantitative estimate of drug-likeness (QED) is 0.681. The fraction of sp³-hybridized carbons (Fsp3) is 0. The van der Waals surface area contributed by atoms with E-state index in [-0.39, 0.29) is 39.8 Å². The van der Waals surface area contributed by atoms with Gasteiger partial charge in [-0.25, -0.2) is 0 Å². The lowest BCUT2D eigenvalue weighted by molar-refractivity contribution is 0.480. The minimum Gasteiger partial charge on any atom is -0.506 e. The summed E-state index contributed by atoms with van der Waals surface area (Å²) >= 11 is 5.82. The third-order valence-corrected chi connectivity index (χ3v) is 1.74. The first-order valence-corrected chi connectivity index (χ1v) is 3.57. The fourth-order valence-corrected chi connectivity index (χ4v) is 1.10. The molecule has 1 heterocycles. The van der Waals surface area contributed by atoms with Crippen molar-refractivity contribution in [2.75, 3.05) is 0 Å². The molecule has 2 nitrogen and oxygen atoms in total. The molecule has 0 fully saturated rings. The zero-order valence-corrected chi connectivity index (χ0v) is 6.61. The Bertz CT molecular complexity index is 602. The molecular weight excluding hydrogens is 174 g/mol. The Balaban J connectivity index is 3.07. The maximum atomic E-state index is 9.55. The van der Waals surface area contributed by atoms with Gasteiger partial charge in [-0.15, -0.1) is 0 Å². The van der Waals surface area contributed by atoms with Crippen molar-refractivity contribution in [2.24, 2.45) is 0 Å². The second-order valence-corrected chi connectivity index (χ2v) is 2.56. The van der Waals surface area contributed by atoms with Gasteiger partial charge in [0.1, 0.15) is 11.3 Å². The fourth-order valence-electron chi connectivity index (χ4n) is 0.906. The molecule has 1 aromatic carbocycles. The van der Waals surface area contributed by atoms with E-state index in [2.05, 4.69) is 4.98 Å². The molecule has 0 amide bonds. The van der Waals surface area contributed by atoms with Crippen LogP contribution in [0.5, 0.6) is 5.75 Å². The molecule has 0 bridgehead atoms. The molecule has 12 heavy (non-hydrogen) atoms. The topological polar surface area (TPSA) is 33.1 Å². The molecule has 3 heteroatoms. The number of aromatic nitrogens is 1. The molecular formula is C9H6ClNO. The monoisotopic (exact) mass is 183 g/mol. The number of pyridine rings is 1. The third kappa shape index (κ3) is 1.01. The number of nitrogens with zero attached hydrogens (tertiary/aromatic N) is 1. The Labute approximate surface area is 80.1 Å². The van der Waals surface area contributed by atoms with Crippen LogP contribution in [-0.2, 0) is 0 Å². The second-order valence-electron chi connectivity index (χ2n) is 2.19. The largest absolute Gasteiger partial charge is 0.506 e. The van der Waals surface area contributed by atoms with E-state index in [1.807, 2.05) is 0 Å². The first-order chi connectivity index (χ1) is 7.43. The molecule has 0 aliphatic carbocycles. The molecule has 1 N–H and O–H groups in total. The molecule has 0 aliphatic rings. The van der Waals surface area contributed by atoms with Gasteiger partial charge in [-0.2, -0.15) is 0 Å². The van der Waals surface area contributed by atoms with Crippen molar-refractivity contribution in [3.63, 3.8) is 0 Å². The van der Waals surface area contributed by atoms with Crippen LogP contribution in [0.3, 0.4) is 0 Å². The van der Waals surface area contributed by atoms with Crippen LogP contribution in [0.2, 0.25) is 5.02 Å². The average Bonchev–Trinajstić information content (AvgIpc) is 2.22. The van der Waals surface area contributed by atoms with E-state index in [0.29, 0.717) is 0 Å². The Kier molecular flexibility index (Phi) is 0.903. The normalized spacial score (nSPS) is 15.1. The van der Waals surface area contributed by atoms with E-state index in [4.69, 9.17) is 17.1 Å². The van der Waals surface area contributed by atoms with E-state index in [1.54, 1.807) is 0 Å². The van der Waals surface area contributed by atoms with Gasteiger partial charge in [0.15, 0.2) is 0 Å². The predicted molar refractivity (Wildman–Crippen MR) is 48.4 cm³/mol. The summed E-state index contributed by atoms with van der Waals surface area (Å²) in [4.78, 5) is 3.68. The molecule has 0 spiro atoms. The standard InChI is InChI=1S/C9H6ClNO/c10-7-3-4-8(12)9-6(7)2-1-5-11-9/h1-5,12H/i1D,2D,3D,5D. The lowest BCUT2D eigenvalue weighted by atomic mass is 10.2. The van der Waals surface area contributed by atoms with E-state index < -0.39 is 6.17 Å². The van der Waals surface area contributed by atoms with Gasteiger partial charge in [0, 0.05) is 11.6 Å². The van der Waals surface area contributed by atoms with Crippen LogP contribution in [0.1, 0.15) is 5.48 Å². The van der Waals surface area contributed by atoms with E-state index >= 15 is 0 Å². The maximum absolute atomic E-state index is 9.55. The second kappa shape index (κ2) is 2.64. The van der Waals surface area contributed by atoms with Crippen LogP contribution >= 0.6 is 11.6 Å². The number of aromatic hydroxyl groups is 1. The lowest BCUT2D eigenvalue weighted by Gasteiger charge is -2.00. The summed E-state index contributed by atoms with van der Waals surface area (Å²) in [7, 11) is 0. The van der Waals surface area contributed by atoms with Crippen LogP contribution in [-0.4, -0.2) is 10.1 Å². The number of rotatable bonds is 0. The smallest absolute Gasteiger partial charge is 0.141 e. The summed E-state index contributed by atoms with van der Waals surface area (Å²) in [6.45, 7) is 0. The van der Waals surface area contributed by atoms with E-state index in [0.717, 1.165) is 6.07 Å². The first kappa shape index (κ1) is 4.10. The van der Waals surface area contributed by atoms with Gasteiger partial charge >= 0.3 is 0 Å². The van der Waals surface area contributed by atoms with Crippen LogP contribution < -0.4 is 0 Å². The maximum Gasteiger partial charge on any atom is 0.141 e. The molecule has 0 atom stereocenters. The van der Waals surface area contributed by atoms with Gasteiger partial charge in [0.05, 0.1) is 10.5 Å². The number of phenols is 1. The minimum atomic E-state index is -0.401. The van der Waals surface area contributed by atoms with Crippen molar-refractivity contribution in [3.8, 4) is 5.75 Å². The van der Waals surface area contributed by atoms with Crippen molar-refractivity contribution in [1.29, 1.82) is 0 Å². The summed E-state index contributed by atoms with van der Waals surface area (Å²) in [6, 6.07) is 0.281. The number of fused-ring (bicyclic) bond motifs is 1. The summed E-state index contributed by atoms with van der Waals surface area (Å²) in [6.07, 6.45) is -0.401. The molecule has 0 radical (unpaired) electrons. The Morgan fingerprint density at radius 3 is 3.17 bits per heavy atom. The van der Waals surface area contributed by atoms with Gasteiger partial charge < -0.3 is 5.11 Å². The van der Waals surface area contributed by atoms with Crippen molar-refractivity contribution in [2.45, 2.75) is 0 Å². The number of benzene rings is 1. The highest BCUT2D eigenvalue weighted by molar-refractivity contribution is 6.35. The number of halogens is 1. The zero-order valence-electron chi connectivity index (χ0n) is 9.85. The lowest BCUT2D eigenvalue weighted by Crippen LogP contribution is -1.78. The molecule has 0 saturated heterocycles. The molecule has 1 aromatic heterocycles. The molecule has 0 aliphatic heterocycles. The Morgan fingerprint density at radius 1 is 1.50 bits per heavy atom. The van der Waals surface area contributed by atoms with Crippen LogP contribution in [0.15, 0.2) is 30.4 Å². The van der Waals surface area contributed by atoms with Crippen LogP contribution in [0.25, 0.3) is 10.9 Å². The van der Waals surface area contributed by atoms with E-state index in [1.165, 1.54) is 0 Å². The molecule has 0 saturated carbocycles. The average molecular weight is 184 g/mol. The zero-order chi connectivity index (χ0) is 12.0. The minimum absolute atomic E-state index is 0.0213. The number of hydrogen-bond donors (Lipinski definition) is 1. The SMILES string of the molecule is [2H]c1cc(O)c2nc([2H])c([2H])c([2H])c2c1Cl. The van der Waals surface area contributed by atoms with Crippen molar-refractivity contribution in [1.82, 2.24) is 4.98 Å². The summed E-state index contributed by atoms with van der Waals surface area (Å²) in [5.41, 5.74) is -0.0213. The highest BCUT2D eigenvalue weighted by Gasteiger charge is 2.02. The van der Waals surface area contributed by atoms with Crippen molar-refractivity contribution in [3.05, 3.63) is 35.4 Å². The predicted octanol–water partition coefficient (Wildman–Crippen LogP) is 2.59. The molecule has 0 unspecified atom stereocenters. The molecule has 2 rings (SSSR count). The van der Waals surface area contributed by atoms with Gasteiger partial charge in [-0.05, 0) is 24.2 Å². The summed E-state index contributed by atoms with van der Waals surface area (Å²) in [5, 5.41) is 9.54. The van der Waals surface area contributed by atoms with Crippen LogP contribution in [0.4, 0.5) is 0 Å². The Hall–Kier alpha value is -1.28. The number of phenolic OH excluding ortho intramolecular Hbond substituents is 1. The molecule has 2 aromatic rings. The Morgan fingerprint density at radius 2 is 2.33 bits per heavy atom. The highest BCUT2D eigenvalue weighted by Crippen LogP contribution is 2.28. The third-order valence-electron chi connectivity index (χ3n) is 1.45. The van der Waals surface area contributed by atoms with E-state index in [9.17, 15) is 5.11 Å². The highest BCUT2D eigenvalue weighted by atomic mass is 35.5. The van der Waals surface area contributed by atoms with Gasteiger partial charge in [-0.1, -0.05) is 11.6 Å². The summed E-state index contributed by atoms with van der Waals surface area (Å²) < 4.78 is 29.9. The van der Waals surface area contributed by atoms with Crippen molar-refractivity contribution >= 4 is 22.5 Å². The van der Waals surface area contributed by atoms with Gasteiger partial charge in [0.25, 0.3) is 0 Å². The summed E-state index contributed by atoms with van der Waals surface area (Å²) in [5.74, 6) is -0.314. The number of hydrogen-bond acceptors (Lipinski definition) is 2. The first-order valence-electron chi connectivity index (χ1n) is 5.19. The van der Waals surface area contributed by atoms with Crippen LogP contribution in [0, 0.1) is 0 Å².